The van der Waals surface area contributed by atoms with Crippen molar-refractivity contribution in [3.63, 3.8) is 0 Å². The Morgan fingerprint density at radius 1 is 1.20 bits per heavy atom. The van der Waals surface area contributed by atoms with E-state index < -0.39 is 16.3 Å². The minimum atomic E-state index is -0.629. The van der Waals surface area contributed by atoms with Crippen LogP contribution in [0.15, 0.2) is 64.1 Å². The lowest BCUT2D eigenvalue weighted by molar-refractivity contribution is -0.385. The Balaban J connectivity index is 1.72. The quantitative estimate of drug-likeness (QED) is 0.215. The predicted octanol–water partition coefficient (Wildman–Crippen LogP) is 3.77. The molecule has 4 rings (SSSR count). The SMILES string of the molecule is Cc1cc(=O)oc2cc(Oc3ccc(C(=O)c4nccn4C)cc3[N+](=O)[O-])ccc12. The second kappa shape index (κ2) is 7.28. The number of benzene rings is 2. The third-order valence-corrected chi connectivity index (χ3v) is 4.59. The molecule has 2 aromatic carbocycles. The lowest BCUT2D eigenvalue weighted by Gasteiger charge is -2.09. The van der Waals surface area contributed by atoms with Crippen LogP contribution in [0.3, 0.4) is 0 Å². The lowest BCUT2D eigenvalue weighted by Crippen LogP contribution is -2.09. The number of aryl methyl sites for hydroxylation is 2. The van der Waals surface area contributed by atoms with Gasteiger partial charge in [0, 0.05) is 48.6 Å². The molecule has 0 atom stereocenters. The van der Waals surface area contributed by atoms with Crippen LogP contribution in [0.4, 0.5) is 5.69 Å². The molecular formula is C21H15N3O6. The molecule has 0 saturated carbocycles. The van der Waals surface area contributed by atoms with Gasteiger partial charge in [-0.2, -0.15) is 0 Å². The van der Waals surface area contributed by atoms with E-state index in [1.165, 1.54) is 35.0 Å². The number of imidazole rings is 1. The molecule has 0 N–H and O–H groups in total. The van der Waals surface area contributed by atoms with Crippen molar-refractivity contribution in [1.29, 1.82) is 0 Å². The number of nitro groups is 1. The highest BCUT2D eigenvalue weighted by Crippen LogP contribution is 2.34. The molecule has 0 aliphatic carbocycles. The number of hydrogen-bond donors (Lipinski definition) is 0. The topological polar surface area (TPSA) is 117 Å². The van der Waals surface area contributed by atoms with E-state index in [1.807, 2.05) is 0 Å². The first kappa shape index (κ1) is 19.1. The van der Waals surface area contributed by atoms with Gasteiger partial charge in [0.1, 0.15) is 11.3 Å². The van der Waals surface area contributed by atoms with Crippen LogP contribution < -0.4 is 10.4 Å². The van der Waals surface area contributed by atoms with Gasteiger partial charge in [0.15, 0.2) is 5.82 Å². The van der Waals surface area contributed by atoms with Gasteiger partial charge in [-0.15, -0.1) is 0 Å². The zero-order valence-corrected chi connectivity index (χ0v) is 16.0. The van der Waals surface area contributed by atoms with Crippen molar-refractivity contribution in [3.8, 4) is 11.5 Å². The molecule has 0 bridgehead atoms. The molecule has 0 aliphatic heterocycles. The number of ketones is 1. The standard InChI is InChI=1S/C21H15N3O6/c1-12-9-19(25)30-18-11-14(4-5-15(12)18)29-17-6-3-13(10-16(17)24(27)28)20(26)21-22-7-8-23(21)2/h3-11H,1-2H3. The van der Waals surface area contributed by atoms with E-state index in [1.54, 1.807) is 32.3 Å². The van der Waals surface area contributed by atoms with Crippen LogP contribution in [0.25, 0.3) is 11.0 Å². The summed E-state index contributed by atoms with van der Waals surface area (Å²) in [5.41, 5.74) is 0.294. The Bertz CT molecular complexity index is 1370. The molecule has 0 radical (unpaired) electrons. The third-order valence-electron chi connectivity index (χ3n) is 4.59. The summed E-state index contributed by atoms with van der Waals surface area (Å²) in [5.74, 6) is -0.0775. The second-order valence-electron chi connectivity index (χ2n) is 6.64. The van der Waals surface area contributed by atoms with Crippen LogP contribution in [0.1, 0.15) is 21.7 Å². The summed E-state index contributed by atoms with van der Waals surface area (Å²) < 4.78 is 12.4. The average molecular weight is 405 g/mol. The number of rotatable bonds is 5. The van der Waals surface area contributed by atoms with E-state index in [-0.39, 0.29) is 28.6 Å². The fraction of sp³-hybridized carbons (Fsp3) is 0.0952. The summed E-state index contributed by atoms with van der Waals surface area (Å²) in [7, 11) is 1.66. The first-order valence-corrected chi connectivity index (χ1v) is 8.86. The van der Waals surface area contributed by atoms with Gasteiger partial charge in [-0.1, -0.05) is 0 Å². The van der Waals surface area contributed by atoms with Crippen LogP contribution in [-0.4, -0.2) is 20.3 Å². The van der Waals surface area contributed by atoms with Gasteiger partial charge in [0.2, 0.25) is 11.5 Å². The van der Waals surface area contributed by atoms with Crippen molar-refractivity contribution in [2.45, 2.75) is 6.92 Å². The molecule has 0 amide bonds. The van der Waals surface area contributed by atoms with Gasteiger partial charge < -0.3 is 13.7 Å². The summed E-state index contributed by atoms with van der Waals surface area (Å²) in [4.78, 5) is 39.1. The van der Waals surface area contributed by atoms with Crippen LogP contribution in [0.5, 0.6) is 11.5 Å². The molecule has 9 nitrogen and oxygen atoms in total. The predicted molar refractivity (Wildman–Crippen MR) is 107 cm³/mol. The summed E-state index contributed by atoms with van der Waals surface area (Å²) in [6.07, 6.45) is 3.08. The lowest BCUT2D eigenvalue weighted by atomic mass is 10.1. The van der Waals surface area contributed by atoms with Crippen LogP contribution >= 0.6 is 0 Å². The molecule has 2 heterocycles. The van der Waals surface area contributed by atoms with Crippen molar-refractivity contribution < 1.29 is 18.9 Å². The highest BCUT2D eigenvalue weighted by Gasteiger charge is 2.22. The fourth-order valence-electron chi connectivity index (χ4n) is 3.10. The number of hydrogen-bond acceptors (Lipinski definition) is 7. The molecule has 9 heteroatoms. The summed E-state index contributed by atoms with van der Waals surface area (Å²) >= 11 is 0. The molecule has 150 valence electrons. The number of aromatic nitrogens is 2. The van der Waals surface area contributed by atoms with E-state index in [9.17, 15) is 19.7 Å². The zero-order valence-electron chi connectivity index (χ0n) is 16.0. The molecule has 0 unspecified atom stereocenters. The van der Waals surface area contributed by atoms with Crippen molar-refractivity contribution in [1.82, 2.24) is 9.55 Å². The van der Waals surface area contributed by atoms with Crippen molar-refractivity contribution in [3.05, 3.63) is 92.3 Å². The number of carbonyl (C=O) groups excluding carboxylic acids is 1. The van der Waals surface area contributed by atoms with Gasteiger partial charge >= 0.3 is 11.3 Å². The second-order valence-corrected chi connectivity index (χ2v) is 6.64. The van der Waals surface area contributed by atoms with E-state index in [0.29, 0.717) is 5.58 Å². The van der Waals surface area contributed by atoms with Gasteiger partial charge in [0.25, 0.3) is 0 Å². The maximum atomic E-state index is 12.6. The molecule has 0 aliphatic rings. The molecule has 4 aromatic rings. The number of fused-ring (bicyclic) bond motifs is 1. The molecule has 2 aromatic heterocycles. The highest BCUT2D eigenvalue weighted by atomic mass is 16.6. The average Bonchev–Trinajstić information content (AvgIpc) is 3.13. The van der Waals surface area contributed by atoms with E-state index in [0.717, 1.165) is 17.0 Å². The maximum absolute atomic E-state index is 12.6. The molecular weight excluding hydrogens is 390 g/mol. The monoisotopic (exact) mass is 405 g/mol. The Hall–Kier alpha value is -4.27. The van der Waals surface area contributed by atoms with Crippen LogP contribution in [-0.2, 0) is 7.05 Å². The van der Waals surface area contributed by atoms with Crippen molar-refractivity contribution >= 4 is 22.4 Å². The number of nitrogens with zero attached hydrogens (tertiary/aromatic N) is 3. The van der Waals surface area contributed by atoms with E-state index in [4.69, 9.17) is 9.15 Å². The van der Waals surface area contributed by atoms with E-state index in [2.05, 4.69) is 4.98 Å². The van der Waals surface area contributed by atoms with Crippen LogP contribution in [0, 0.1) is 17.0 Å². The summed E-state index contributed by atoms with van der Waals surface area (Å²) in [6.45, 7) is 1.78. The van der Waals surface area contributed by atoms with Gasteiger partial charge in [-0.05, 0) is 36.8 Å². The molecule has 0 fully saturated rings. The minimum absolute atomic E-state index is 0.0502. The number of nitro benzene ring substituents is 1. The van der Waals surface area contributed by atoms with Gasteiger partial charge in [-0.25, -0.2) is 9.78 Å². The molecule has 0 spiro atoms. The van der Waals surface area contributed by atoms with Crippen molar-refractivity contribution in [2.75, 3.05) is 0 Å². The number of carbonyl (C=O) groups is 1. The van der Waals surface area contributed by atoms with Gasteiger partial charge in [0.05, 0.1) is 4.92 Å². The van der Waals surface area contributed by atoms with E-state index >= 15 is 0 Å². The summed E-state index contributed by atoms with van der Waals surface area (Å²) in [5, 5.41) is 12.3. The van der Waals surface area contributed by atoms with Gasteiger partial charge in [-0.3, -0.25) is 14.9 Å². The zero-order chi connectivity index (χ0) is 21.4. The Kier molecular flexibility index (Phi) is 4.63. The molecule has 0 saturated heterocycles. The molecule has 30 heavy (non-hydrogen) atoms. The third kappa shape index (κ3) is 3.44. The first-order valence-electron chi connectivity index (χ1n) is 8.86. The fourth-order valence-corrected chi connectivity index (χ4v) is 3.10. The summed E-state index contributed by atoms with van der Waals surface area (Å²) in [6, 6.07) is 10.1. The van der Waals surface area contributed by atoms with Crippen LogP contribution in [0.2, 0.25) is 0 Å². The normalized spacial score (nSPS) is 10.9. The maximum Gasteiger partial charge on any atom is 0.336 e. The Labute approximate surface area is 169 Å². The Morgan fingerprint density at radius 2 is 2.00 bits per heavy atom. The largest absolute Gasteiger partial charge is 0.450 e. The highest BCUT2D eigenvalue weighted by molar-refractivity contribution is 6.07. The first-order chi connectivity index (χ1) is 14.3. The van der Waals surface area contributed by atoms with Crippen molar-refractivity contribution in [2.24, 2.45) is 7.05 Å². The Morgan fingerprint density at radius 3 is 2.70 bits per heavy atom. The minimum Gasteiger partial charge on any atom is -0.450 e. The number of ether oxygens (including phenoxy) is 1. The smallest absolute Gasteiger partial charge is 0.336 e.